The number of aromatic amines is 1. The van der Waals surface area contributed by atoms with Crippen LogP contribution in [-0.4, -0.2) is 32.6 Å². The first-order chi connectivity index (χ1) is 11.1. The summed E-state index contributed by atoms with van der Waals surface area (Å²) in [5.41, 5.74) is 0.355. The molecule has 10 heteroatoms. The number of H-pyrrole nitrogens is 1. The van der Waals surface area contributed by atoms with Crippen LogP contribution < -0.4 is 0 Å². The number of hydrogen-bond donors (Lipinski definition) is 1. The van der Waals surface area contributed by atoms with Crippen LogP contribution in [0.2, 0.25) is 5.02 Å². The van der Waals surface area contributed by atoms with Crippen LogP contribution in [-0.2, 0) is 4.74 Å². The average molecular weight is 354 g/mol. The molecule has 3 rings (SSSR count). The summed E-state index contributed by atoms with van der Waals surface area (Å²) in [7, 11) is 0. The molecule has 1 fully saturated rings. The minimum absolute atomic E-state index is 0.0760. The zero-order valence-corrected chi connectivity index (χ0v) is 13.4. The van der Waals surface area contributed by atoms with Crippen molar-refractivity contribution in [1.29, 1.82) is 0 Å². The van der Waals surface area contributed by atoms with E-state index in [-0.39, 0.29) is 16.8 Å². The van der Waals surface area contributed by atoms with Crippen molar-refractivity contribution in [2.45, 2.75) is 18.9 Å². The van der Waals surface area contributed by atoms with Crippen LogP contribution in [0.1, 0.15) is 30.3 Å². The zero-order valence-electron chi connectivity index (χ0n) is 11.8. The third-order valence-corrected chi connectivity index (χ3v) is 3.97. The summed E-state index contributed by atoms with van der Waals surface area (Å²) in [6.07, 6.45) is 3.12. The molecule has 0 aliphatic carbocycles. The Kier molecular flexibility index (Phi) is 4.51. The van der Waals surface area contributed by atoms with Crippen molar-refractivity contribution in [2.24, 2.45) is 5.10 Å². The summed E-state index contributed by atoms with van der Waals surface area (Å²) in [6.45, 7) is 0.678. The first-order valence-electron chi connectivity index (χ1n) is 6.83. The Labute approximate surface area is 140 Å². The summed E-state index contributed by atoms with van der Waals surface area (Å²) in [5.74, 6) is 0.590. The Morgan fingerprint density at radius 3 is 3.13 bits per heavy atom. The topological polar surface area (TPSA) is 98.3 Å². The maximum Gasteiger partial charge on any atom is 0.288 e. The number of nitro groups is 1. The van der Waals surface area contributed by atoms with Crippen molar-refractivity contribution in [3.63, 3.8) is 0 Å². The molecule has 8 nitrogen and oxygen atoms in total. The van der Waals surface area contributed by atoms with Gasteiger partial charge in [0, 0.05) is 18.2 Å². The van der Waals surface area contributed by atoms with E-state index in [1.165, 1.54) is 23.0 Å². The van der Waals surface area contributed by atoms with Crippen LogP contribution in [0.3, 0.4) is 0 Å². The number of aromatic nitrogens is 3. The standard InChI is InChI=1S/C13H12ClN5O3S/c14-9-4-3-8(6-10(9)19(20)21)7-15-18-12(16-17-13(18)23)11-2-1-5-22-11/h3-4,6-7,11H,1-2,5H2,(H,17,23)/b15-7-/t11-/m0/s1. The van der Waals surface area contributed by atoms with Gasteiger partial charge in [-0.05, 0) is 31.1 Å². The van der Waals surface area contributed by atoms with Crippen LogP contribution in [0.4, 0.5) is 5.69 Å². The van der Waals surface area contributed by atoms with Gasteiger partial charge in [-0.3, -0.25) is 15.2 Å². The molecule has 2 aromatic rings. The number of ether oxygens (including phenoxy) is 1. The van der Waals surface area contributed by atoms with Gasteiger partial charge in [0.05, 0.1) is 11.1 Å². The number of nitrogens with zero attached hydrogens (tertiary/aromatic N) is 4. The first-order valence-corrected chi connectivity index (χ1v) is 7.62. The lowest BCUT2D eigenvalue weighted by atomic mass is 10.2. The largest absolute Gasteiger partial charge is 0.370 e. The Balaban J connectivity index is 1.92. The quantitative estimate of drug-likeness (QED) is 0.394. The second-order valence-electron chi connectivity index (χ2n) is 4.91. The van der Waals surface area contributed by atoms with Gasteiger partial charge in [0.15, 0.2) is 5.82 Å². The Hall–Kier alpha value is -2.10. The molecule has 1 aliphatic heterocycles. The molecule has 1 aromatic carbocycles. The van der Waals surface area contributed by atoms with Gasteiger partial charge in [-0.1, -0.05) is 17.7 Å². The lowest BCUT2D eigenvalue weighted by Crippen LogP contribution is -2.05. The van der Waals surface area contributed by atoms with Crippen LogP contribution in [0, 0.1) is 14.9 Å². The van der Waals surface area contributed by atoms with E-state index in [1.807, 2.05) is 0 Å². The van der Waals surface area contributed by atoms with E-state index in [0.717, 1.165) is 12.8 Å². The number of benzene rings is 1. The molecule has 2 heterocycles. The van der Waals surface area contributed by atoms with E-state index in [9.17, 15) is 10.1 Å². The fraction of sp³-hybridized carbons (Fsp3) is 0.308. The fourth-order valence-corrected chi connectivity index (χ4v) is 2.65. The van der Waals surface area contributed by atoms with Gasteiger partial charge in [-0.2, -0.15) is 14.9 Å². The maximum atomic E-state index is 10.9. The highest BCUT2D eigenvalue weighted by Crippen LogP contribution is 2.27. The molecule has 0 saturated carbocycles. The predicted molar refractivity (Wildman–Crippen MR) is 86.4 cm³/mol. The monoisotopic (exact) mass is 353 g/mol. The number of rotatable bonds is 4. The minimum atomic E-state index is -0.541. The van der Waals surface area contributed by atoms with Gasteiger partial charge in [0.25, 0.3) is 5.69 Å². The van der Waals surface area contributed by atoms with Gasteiger partial charge in [-0.15, -0.1) is 0 Å². The minimum Gasteiger partial charge on any atom is -0.370 e. The van der Waals surface area contributed by atoms with Gasteiger partial charge in [-0.25, -0.2) is 0 Å². The lowest BCUT2D eigenvalue weighted by molar-refractivity contribution is -0.384. The third kappa shape index (κ3) is 3.31. The molecule has 1 aliphatic rings. The molecule has 0 amide bonds. The van der Waals surface area contributed by atoms with Crippen molar-refractivity contribution >= 4 is 35.7 Å². The molecule has 120 valence electrons. The molecule has 23 heavy (non-hydrogen) atoms. The smallest absolute Gasteiger partial charge is 0.288 e. The summed E-state index contributed by atoms with van der Waals surface area (Å²) >= 11 is 10.9. The van der Waals surface area contributed by atoms with E-state index in [1.54, 1.807) is 6.07 Å². The number of nitrogens with one attached hydrogen (secondary N) is 1. The Bertz CT molecular complexity index is 825. The van der Waals surface area contributed by atoms with Crippen molar-refractivity contribution < 1.29 is 9.66 Å². The molecule has 0 radical (unpaired) electrons. The van der Waals surface area contributed by atoms with Crippen LogP contribution >= 0.6 is 23.8 Å². The molecule has 0 unspecified atom stereocenters. The molecule has 1 saturated heterocycles. The number of hydrogen-bond acceptors (Lipinski definition) is 6. The molecule has 0 spiro atoms. The summed E-state index contributed by atoms with van der Waals surface area (Å²) < 4.78 is 7.37. The van der Waals surface area contributed by atoms with E-state index >= 15 is 0 Å². The van der Waals surface area contributed by atoms with Crippen LogP contribution in [0.15, 0.2) is 23.3 Å². The highest BCUT2D eigenvalue weighted by molar-refractivity contribution is 7.71. The summed E-state index contributed by atoms with van der Waals surface area (Å²) in [5, 5.41) is 22.1. The first kappa shape index (κ1) is 15.8. The van der Waals surface area contributed by atoms with E-state index in [2.05, 4.69) is 15.3 Å². The van der Waals surface area contributed by atoms with Crippen molar-refractivity contribution in [3.8, 4) is 0 Å². The van der Waals surface area contributed by atoms with Gasteiger partial charge in [0.1, 0.15) is 11.1 Å². The lowest BCUT2D eigenvalue weighted by Gasteiger charge is -2.07. The molecular formula is C13H12ClN5O3S. The van der Waals surface area contributed by atoms with Crippen LogP contribution in [0.25, 0.3) is 0 Å². The van der Waals surface area contributed by atoms with E-state index in [0.29, 0.717) is 22.8 Å². The second kappa shape index (κ2) is 6.57. The summed E-state index contributed by atoms with van der Waals surface area (Å²) in [6, 6.07) is 4.44. The summed E-state index contributed by atoms with van der Waals surface area (Å²) in [4.78, 5) is 10.4. The fourth-order valence-electron chi connectivity index (χ4n) is 2.28. The van der Waals surface area contributed by atoms with Gasteiger partial charge in [0.2, 0.25) is 4.77 Å². The van der Waals surface area contributed by atoms with Crippen molar-refractivity contribution in [1.82, 2.24) is 14.9 Å². The molecule has 0 bridgehead atoms. The van der Waals surface area contributed by atoms with Crippen molar-refractivity contribution in [2.75, 3.05) is 6.61 Å². The molecule has 1 aromatic heterocycles. The third-order valence-electron chi connectivity index (χ3n) is 3.38. The van der Waals surface area contributed by atoms with Crippen molar-refractivity contribution in [3.05, 3.63) is 49.5 Å². The highest BCUT2D eigenvalue weighted by Gasteiger charge is 2.23. The number of nitro benzene ring substituents is 1. The number of halogens is 1. The molecule has 1 N–H and O–H groups in total. The Morgan fingerprint density at radius 1 is 1.61 bits per heavy atom. The predicted octanol–water partition coefficient (Wildman–Crippen LogP) is 3.24. The average Bonchev–Trinajstić information content (AvgIpc) is 3.16. The normalized spacial score (nSPS) is 17.9. The molecular weight excluding hydrogens is 342 g/mol. The maximum absolute atomic E-state index is 10.9. The van der Waals surface area contributed by atoms with Gasteiger partial charge < -0.3 is 4.74 Å². The molecule has 1 atom stereocenters. The SMILES string of the molecule is O=[N+]([O-])c1cc(/C=N\n2c([C@@H]3CCCO3)n[nH]c2=S)ccc1Cl. The van der Waals surface area contributed by atoms with Gasteiger partial charge >= 0.3 is 0 Å². The second-order valence-corrected chi connectivity index (χ2v) is 5.71. The Morgan fingerprint density at radius 2 is 2.43 bits per heavy atom. The van der Waals surface area contributed by atoms with E-state index in [4.69, 9.17) is 28.6 Å². The highest BCUT2D eigenvalue weighted by atomic mass is 35.5. The van der Waals surface area contributed by atoms with E-state index < -0.39 is 4.92 Å². The van der Waals surface area contributed by atoms with Crippen LogP contribution in [0.5, 0.6) is 0 Å². The zero-order chi connectivity index (χ0) is 16.4.